The van der Waals surface area contributed by atoms with Gasteiger partial charge in [0.1, 0.15) is 0 Å². The Bertz CT molecular complexity index is 3390. The Morgan fingerprint density at radius 2 is 0.688 bits per heavy atom. The molecule has 3 heteroatoms. The summed E-state index contributed by atoms with van der Waals surface area (Å²) >= 11 is 0. The molecule has 0 saturated heterocycles. The molecule has 0 amide bonds. The van der Waals surface area contributed by atoms with E-state index in [1.807, 2.05) is 6.07 Å². The molecule has 10 aromatic carbocycles. The highest BCUT2D eigenvalue weighted by Crippen LogP contribution is 2.64. The van der Waals surface area contributed by atoms with Crippen molar-refractivity contribution in [1.29, 1.82) is 0 Å². The van der Waals surface area contributed by atoms with Gasteiger partial charge in [-0.15, -0.1) is 0 Å². The number of fused-ring (bicyclic) bond motifs is 12. The van der Waals surface area contributed by atoms with Crippen molar-refractivity contribution in [3.8, 4) is 78.6 Å². The molecule has 10 aromatic rings. The van der Waals surface area contributed by atoms with Crippen LogP contribution in [0, 0.1) is 0 Å². The third kappa shape index (κ3) is 5.47. The molecule has 0 fully saturated rings. The number of anilines is 3. The molecule has 13 rings (SSSR count). The minimum atomic E-state index is -0.481. The van der Waals surface area contributed by atoms with E-state index in [0.717, 1.165) is 33.8 Å². The van der Waals surface area contributed by atoms with Gasteiger partial charge in [-0.05, 0) is 126 Å². The smallest absolute Gasteiger partial charge is 0.172 e. The first-order valence-corrected chi connectivity index (χ1v) is 21.9. The summed E-state index contributed by atoms with van der Waals surface area (Å²) in [4.78, 5) is 2.32. The van der Waals surface area contributed by atoms with E-state index in [9.17, 15) is 0 Å². The van der Waals surface area contributed by atoms with Crippen LogP contribution < -0.4 is 14.4 Å². The van der Waals surface area contributed by atoms with Gasteiger partial charge in [0.25, 0.3) is 0 Å². The van der Waals surface area contributed by atoms with E-state index in [1.54, 1.807) is 0 Å². The molecule has 1 heterocycles. The van der Waals surface area contributed by atoms with Crippen LogP contribution >= 0.6 is 0 Å². The molecule has 3 nitrogen and oxygen atoms in total. The molecule has 1 spiro atoms. The Hall–Kier alpha value is -8.40. The third-order valence-electron chi connectivity index (χ3n) is 13.4. The van der Waals surface area contributed by atoms with Gasteiger partial charge in [-0.25, -0.2) is 0 Å². The normalized spacial score (nSPS) is 13.1. The first kappa shape index (κ1) is 36.3. The van der Waals surface area contributed by atoms with Crippen LogP contribution in [0.4, 0.5) is 17.1 Å². The Morgan fingerprint density at radius 3 is 1.31 bits per heavy atom. The van der Waals surface area contributed by atoms with Gasteiger partial charge >= 0.3 is 0 Å². The molecule has 0 N–H and O–H groups in total. The fourth-order valence-electron chi connectivity index (χ4n) is 10.6. The fourth-order valence-corrected chi connectivity index (χ4v) is 10.6. The number of rotatable bonds is 6. The van der Waals surface area contributed by atoms with E-state index in [4.69, 9.17) is 9.47 Å². The largest absolute Gasteiger partial charge is 0.449 e. The second-order valence-electron chi connectivity index (χ2n) is 16.8. The maximum atomic E-state index is 7.04. The van der Waals surface area contributed by atoms with E-state index < -0.39 is 5.41 Å². The quantitative estimate of drug-likeness (QED) is 0.167. The number of hydrogen-bond acceptors (Lipinski definition) is 3. The molecule has 300 valence electrons. The summed E-state index contributed by atoms with van der Waals surface area (Å²) < 4.78 is 13.9. The van der Waals surface area contributed by atoms with Gasteiger partial charge in [-0.1, -0.05) is 182 Å². The lowest BCUT2D eigenvalue weighted by atomic mass is 9.70. The summed E-state index contributed by atoms with van der Waals surface area (Å²) in [5, 5.41) is 0. The highest BCUT2D eigenvalue weighted by Gasteiger charge is 2.52. The van der Waals surface area contributed by atoms with Crippen molar-refractivity contribution >= 4 is 17.1 Å². The molecule has 0 aromatic heterocycles. The van der Waals surface area contributed by atoms with Gasteiger partial charge in [0.05, 0.1) is 11.1 Å². The molecule has 0 saturated carbocycles. The van der Waals surface area contributed by atoms with Gasteiger partial charge in [0, 0.05) is 17.4 Å². The highest BCUT2D eigenvalue weighted by molar-refractivity contribution is 5.96. The minimum absolute atomic E-state index is 0.481. The van der Waals surface area contributed by atoms with Crippen molar-refractivity contribution in [3.63, 3.8) is 0 Å². The summed E-state index contributed by atoms with van der Waals surface area (Å²) in [6.07, 6.45) is 0. The third-order valence-corrected chi connectivity index (χ3v) is 13.4. The van der Waals surface area contributed by atoms with Crippen molar-refractivity contribution in [2.75, 3.05) is 4.90 Å². The van der Waals surface area contributed by atoms with Crippen LogP contribution in [0.2, 0.25) is 0 Å². The van der Waals surface area contributed by atoms with Crippen molar-refractivity contribution in [1.82, 2.24) is 0 Å². The van der Waals surface area contributed by atoms with Gasteiger partial charge in [-0.2, -0.15) is 0 Å². The zero-order valence-electron chi connectivity index (χ0n) is 34.8. The van der Waals surface area contributed by atoms with Crippen LogP contribution in [0.5, 0.6) is 23.0 Å². The molecule has 2 aliphatic carbocycles. The van der Waals surface area contributed by atoms with Crippen LogP contribution in [0.1, 0.15) is 22.3 Å². The van der Waals surface area contributed by atoms with Crippen LogP contribution in [-0.4, -0.2) is 0 Å². The molecule has 3 aliphatic rings. The van der Waals surface area contributed by atoms with Crippen LogP contribution in [0.3, 0.4) is 0 Å². The Labute approximate surface area is 372 Å². The maximum absolute atomic E-state index is 7.04. The molecular formula is C61H39NO2. The molecule has 0 radical (unpaired) electrons. The monoisotopic (exact) mass is 817 g/mol. The van der Waals surface area contributed by atoms with Gasteiger partial charge in [0.15, 0.2) is 23.0 Å². The molecule has 64 heavy (non-hydrogen) atoms. The first-order chi connectivity index (χ1) is 31.7. The molecule has 0 atom stereocenters. The highest BCUT2D eigenvalue weighted by atomic mass is 16.6. The number of hydrogen-bond donors (Lipinski definition) is 0. The zero-order valence-corrected chi connectivity index (χ0v) is 34.8. The topological polar surface area (TPSA) is 21.7 Å². The van der Waals surface area contributed by atoms with Gasteiger partial charge < -0.3 is 14.4 Å². The zero-order chi connectivity index (χ0) is 42.2. The predicted octanol–water partition coefficient (Wildman–Crippen LogP) is 16.4. The first-order valence-electron chi connectivity index (χ1n) is 21.9. The summed E-state index contributed by atoms with van der Waals surface area (Å²) in [5.74, 6) is 2.76. The number of nitrogens with zero attached hydrogens (tertiary/aromatic N) is 1. The number of ether oxygens (including phenoxy) is 2. The van der Waals surface area contributed by atoms with Gasteiger partial charge in [0.2, 0.25) is 0 Å². The van der Waals surface area contributed by atoms with Crippen LogP contribution in [0.15, 0.2) is 237 Å². The molecule has 1 aliphatic heterocycles. The van der Waals surface area contributed by atoms with E-state index in [0.29, 0.717) is 23.0 Å². The summed E-state index contributed by atoms with van der Waals surface area (Å²) in [5.41, 5.74) is 19.5. The maximum Gasteiger partial charge on any atom is 0.172 e. The average Bonchev–Trinajstić information content (AvgIpc) is 3.83. The lowest BCUT2D eigenvalue weighted by molar-refractivity contribution is 0.359. The van der Waals surface area contributed by atoms with Crippen LogP contribution in [0.25, 0.3) is 55.6 Å². The van der Waals surface area contributed by atoms with Crippen molar-refractivity contribution in [2.45, 2.75) is 5.41 Å². The Balaban J connectivity index is 0.954. The van der Waals surface area contributed by atoms with E-state index >= 15 is 0 Å². The Morgan fingerprint density at radius 1 is 0.250 bits per heavy atom. The van der Waals surface area contributed by atoms with Crippen molar-refractivity contribution in [2.24, 2.45) is 0 Å². The fraction of sp³-hybridized carbons (Fsp3) is 0.0164. The Kier molecular flexibility index (Phi) is 8.13. The predicted molar refractivity (Wildman–Crippen MR) is 260 cm³/mol. The minimum Gasteiger partial charge on any atom is -0.449 e. The lowest BCUT2D eigenvalue weighted by Crippen LogP contribution is -2.25. The second kappa shape index (κ2) is 14.3. The van der Waals surface area contributed by atoms with E-state index in [2.05, 4.69) is 235 Å². The summed E-state index contributed by atoms with van der Waals surface area (Å²) in [6.45, 7) is 0. The standard InChI is InChI=1S/C61H39NO2/c1-4-16-40(17-5-1)41-28-30-44(31-29-41)62(45-32-34-47(42-18-6-2-7-19-42)51(36-45)43-20-8-3-9-21-43)46-33-35-57-58(37-46)64-60-39-56-52(38-59(60)63-57)50-24-12-15-27-55(50)61(56)53-25-13-10-22-48(53)49-23-11-14-26-54(49)61/h1-39H. The molecule has 0 unspecified atom stereocenters. The van der Waals surface area contributed by atoms with Gasteiger partial charge in [-0.3, -0.25) is 0 Å². The summed E-state index contributed by atoms with van der Waals surface area (Å²) in [6, 6.07) is 84.8. The van der Waals surface area contributed by atoms with E-state index in [1.165, 1.54) is 61.2 Å². The van der Waals surface area contributed by atoms with Crippen molar-refractivity contribution < 1.29 is 9.47 Å². The summed E-state index contributed by atoms with van der Waals surface area (Å²) in [7, 11) is 0. The SMILES string of the molecule is c1ccc(-c2ccc(N(c3ccc4c(c3)Oc3cc5c(cc3O4)-c3ccccc3C53c4ccccc4-c4ccccc43)c3ccc(-c4ccccc4)c(-c4ccccc4)c3)cc2)cc1. The molecular weight excluding hydrogens is 779 g/mol. The van der Waals surface area contributed by atoms with Crippen LogP contribution in [-0.2, 0) is 5.41 Å². The lowest BCUT2D eigenvalue weighted by Gasteiger charge is -2.31. The number of benzene rings is 10. The van der Waals surface area contributed by atoms with E-state index in [-0.39, 0.29) is 0 Å². The van der Waals surface area contributed by atoms with Crippen molar-refractivity contribution in [3.05, 3.63) is 259 Å². The second-order valence-corrected chi connectivity index (χ2v) is 16.8. The molecule has 0 bridgehead atoms. The average molecular weight is 818 g/mol.